The van der Waals surface area contributed by atoms with Crippen LogP contribution in [0.1, 0.15) is 23.0 Å². The lowest BCUT2D eigenvalue weighted by atomic mass is 10.1. The number of nitrogens with one attached hydrogen (secondary N) is 2. The Morgan fingerprint density at radius 1 is 1.03 bits per heavy atom. The quantitative estimate of drug-likeness (QED) is 0.424. The monoisotopic (exact) mass is 452 g/mol. The fourth-order valence-corrected chi connectivity index (χ4v) is 3.33. The lowest BCUT2D eigenvalue weighted by molar-refractivity contribution is -0.137. The summed E-state index contributed by atoms with van der Waals surface area (Å²) < 4.78 is 54.2. The number of carbonyl (C=O) groups excluding carboxylic acids is 2. The van der Waals surface area contributed by atoms with E-state index in [1.165, 1.54) is 53.7 Å². The molecule has 6 nitrogen and oxygen atoms in total. The van der Waals surface area contributed by atoms with Crippen LogP contribution < -0.4 is 10.6 Å². The minimum Gasteiger partial charge on any atom is -0.325 e. The molecule has 0 atom stereocenters. The molecule has 0 spiro atoms. The van der Waals surface area contributed by atoms with Gasteiger partial charge in [-0.3, -0.25) is 14.2 Å². The number of carbonyl (C=O) groups is 2. The van der Waals surface area contributed by atoms with E-state index in [2.05, 4.69) is 15.6 Å². The number of nitrogens with zero attached hydrogens (tertiary/aromatic N) is 2. The number of alkyl halides is 3. The molecule has 2 amide bonds. The minimum absolute atomic E-state index is 0.00628. The highest BCUT2D eigenvalue weighted by Crippen LogP contribution is 2.34. The average molecular weight is 452 g/mol. The van der Waals surface area contributed by atoms with Crippen LogP contribution in [0.4, 0.5) is 28.9 Å². The number of rotatable bonds is 5. The summed E-state index contributed by atoms with van der Waals surface area (Å²) in [5.74, 6) is -1.75. The first-order valence-electron chi connectivity index (χ1n) is 8.78. The Hall–Kier alpha value is -3.34. The molecule has 0 saturated heterocycles. The zero-order valence-corrected chi connectivity index (χ0v) is 17.1. The van der Waals surface area contributed by atoms with Crippen molar-refractivity contribution >= 4 is 35.0 Å². The third-order valence-electron chi connectivity index (χ3n) is 4.14. The van der Waals surface area contributed by atoms with Gasteiger partial charge in [-0.15, -0.1) is 0 Å². The zero-order chi connectivity index (χ0) is 22.8. The summed E-state index contributed by atoms with van der Waals surface area (Å²) in [4.78, 5) is 28.5. The molecule has 2 aromatic carbocycles. The molecule has 0 fully saturated rings. The number of hydrogen-bond acceptors (Lipinski definition) is 4. The summed E-state index contributed by atoms with van der Waals surface area (Å²) in [5.41, 5.74) is -0.755. The van der Waals surface area contributed by atoms with Gasteiger partial charge in [0.1, 0.15) is 11.5 Å². The summed E-state index contributed by atoms with van der Waals surface area (Å²) >= 11 is 1.23. The molecule has 11 heteroatoms. The van der Waals surface area contributed by atoms with Crippen LogP contribution in [0.2, 0.25) is 0 Å². The number of aromatic nitrogens is 2. The van der Waals surface area contributed by atoms with E-state index in [4.69, 9.17) is 0 Å². The molecular weight excluding hydrogens is 436 g/mol. The Balaban J connectivity index is 2.03. The third kappa shape index (κ3) is 5.05. The van der Waals surface area contributed by atoms with Crippen molar-refractivity contribution in [2.75, 3.05) is 16.9 Å². The van der Waals surface area contributed by atoms with Gasteiger partial charge in [0.25, 0.3) is 5.91 Å². The second-order valence-corrected chi connectivity index (χ2v) is 7.11. The van der Waals surface area contributed by atoms with Crippen molar-refractivity contribution < 1.29 is 27.2 Å². The van der Waals surface area contributed by atoms with E-state index in [1.807, 2.05) is 0 Å². The summed E-state index contributed by atoms with van der Waals surface area (Å²) in [6.45, 7) is 1.19. The van der Waals surface area contributed by atoms with E-state index >= 15 is 0 Å². The Bertz CT molecular complexity index is 1130. The maximum Gasteiger partial charge on any atom is 0.416 e. The fourth-order valence-electron chi connectivity index (χ4n) is 2.79. The maximum atomic E-state index is 13.3. The summed E-state index contributed by atoms with van der Waals surface area (Å²) in [7, 11) is 0. The van der Waals surface area contributed by atoms with Crippen molar-refractivity contribution in [2.45, 2.75) is 18.3 Å². The highest BCUT2D eigenvalue weighted by atomic mass is 32.2. The van der Waals surface area contributed by atoms with Crippen LogP contribution in [0.5, 0.6) is 0 Å². The maximum absolute atomic E-state index is 13.3. The van der Waals surface area contributed by atoms with Crippen molar-refractivity contribution in [1.29, 1.82) is 0 Å². The molecule has 0 radical (unpaired) electrons. The van der Waals surface area contributed by atoms with Gasteiger partial charge in [0, 0.05) is 12.6 Å². The van der Waals surface area contributed by atoms with Crippen LogP contribution in [-0.4, -0.2) is 27.6 Å². The standard InChI is InChI=1S/C20H16F4N4O2S/c1-11(29)26-15-8-3-12(20(22,23)24)9-16(15)27-18(30)17-10-25-19(31-2)28(17)14-6-4-13(21)5-7-14/h3-10H,1-2H3,(H,26,29)(H,27,30). The smallest absolute Gasteiger partial charge is 0.325 e. The topological polar surface area (TPSA) is 76.0 Å². The lowest BCUT2D eigenvalue weighted by Crippen LogP contribution is -2.19. The molecular formula is C20H16F4N4O2S. The molecule has 1 heterocycles. The molecule has 162 valence electrons. The Labute approximate surface area is 178 Å². The summed E-state index contributed by atoms with van der Waals surface area (Å²) in [6.07, 6.45) is -1.65. The second kappa shape index (κ2) is 8.80. The summed E-state index contributed by atoms with van der Waals surface area (Å²) in [5, 5.41) is 5.21. The average Bonchev–Trinajstić information content (AvgIpc) is 3.13. The zero-order valence-electron chi connectivity index (χ0n) is 16.2. The highest BCUT2D eigenvalue weighted by molar-refractivity contribution is 7.98. The first-order valence-corrected chi connectivity index (χ1v) is 10.0. The van der Waals surface area contributed by atoms with E-state index in [9.17, 15) is 27.2 Å². The van der Waals surface area contributed by atoms with E-state index in [0.717, 1.165) is 18.2 Å². The number of hydrogen-bond donors (Lipinski definition) is 2. The Kier molecular flexibility index (Phi) is 6.34. The number of imidazole rings is 1. The van der Waals surface area contributed by atoms with Gasteiger partial charge in [0.2, 0.25) is 5.91 Å². The van der Waals surface area contributed by atoms with E-state index in [1.54, 1.807) is 6.26 Å². The van der Waals surface area contributed by atoms with Crippen molar-refractivity contribution in [3.05, 3.63) is 65.7 Å². The van der Waals surface area contributed by atoms with Gasteiger partial charge in [-0.2, -0.15) is 13.2 Å². The van der Waals surface area contributed by atoms with Crippen LogP contribution in [0, 0.1) is 5.82 Å². The molecule has 1 aromatic heterocycles. The number of halogens is 4. The van der Waals surface area contributed by atoms with Crippen molar-refractivity contribution in [3.8, 4) is 5.69 Å². The molecule has 2 N–H and O–H groups in total. The first-order chi connectivity index (χ1) is 14.6. The molecule has 0 bridgehead atoms. The molecule has 3 aromatic rings. The fraction of sp³-hybridized carbons (Fsp3) is 0.150. The molecule has 0 unspecified atom stereocenters. The predicted molar refractivity (Wildman–Crippen MR) is 109 cm³/mol. The molecule has 0 aliphatic rings. The number of thioether (sulfide) groups is 1. The van der Waals surface area contributed by atoms with Crippen LogP contribution >= 0.6 is 11.8 Å². The van der Waals surface area contributed by atoms with Gasteiger partial charge < -0.3 is 10.6 Å². The van der Waals surface area contributed by atoms with E-state index < -0.39 is 29.4 Å². The van der Waals surface area contributed by atoms with Gasteiger partial charge in [-0.25, -0.2) is 9.37 Å². The lowest BCUT2D eigenvalue weighted by Gasteiger charge is -2.16. The van der Waals surface area contributed by atoms with Gasteiger partial charge in [0.15, 0.2) is 5.16 Å². The van der Waals surface area contributed by atoms with Crippen molar-refractivity contribution in [1.82, 2.24) is 9.55 Å². The van der Waals surface area contributed by atoms with Crippen LogP contribution in [0.3, 0.4) is 0 Å². The SMILES string of the molecule is CSc1ncc(C(=O)Nc2cc(C(F)(F)F)ccc2NC(C)=O)n1-c1ccc(F)cc1. The Morgan fingerprint density at radius 2 is 1.71 bits per heavy atom. The Morgan fingerprint density at radius 3 is 2.29 bits per heavy atom. The second-order valence-electron chi connectivity index (χ2n) is 6.34. The first kappa shape index (κ1) is 22.3. The van der Waals surface area contributed by atoms with E-state index in [0.29, 0.717) is 10.8 Å². The number of benzene rings is 2. The molecule has 0 aliphatic heterocycles. The van der Waals surface area contributed by atoms with Gasteiger partial charge >= 0.3 is 6.18 Å². The van der Waals surface area contributed by atoms with Crippen molar-refractivity contribution in [2.24, 2.45) is 0 Å². The molecule has 0 aliphatic carbocycles. The van der Waals surface area contributed by atoms with Crippen LogP contribution in [0.25, 0.3) is 5.69 Å². The van der Waals surface area contributed by atoms with Crippen LogP contribution in [-0.2, 0) is 11.0 Å². The highest BCUT2D eigenvalue weighted by Gasteiger charge is 2.31. The van der Waals surface area contributed by atoms with Crippen LogP contribution in [0.15, 0.2) is 53.8 Å². The molecule has 31 heavy (non-hydrogen) atoms. The van der Waals surface area contributed by atoms with Gasteiger partial charge in [0.05, 0.1) is 23.1 Å². The number of amides is 2. The molecule has 3 rings (SSSR count). The number of anilines is 2. The molecule has 0 saturated carbocycles. The van der Waals surface area contributed by atoms with E-state index in [-0.39, 0.29) is 17.1 Å². The van der Waals surface area contributed by atoms with Gasteiger partial charge in [-0.1, -0.05) is 11.8 Å². The minimum atomic E-state index is -4.64. The van der Waals surface area contributed by atoms with Crippen molar-refractivity contribution in [3.63, 3.8) is 0 Å². The largest absolute Gasteiger partial charge is 0.416 e. The van der Waals surface area contributed by atoms with Gasteiger partial charge in [-0.05, 0) is 48.7 Å². The third-order valence-corrected chi connectivity index (χ3v) is 4.79. The predicted octanol–water partition coefficient (Wildman–Crippen LogP) is 4.96. The normalized spacial score (nSPS) is 11.3. The summed E-state index contributed by atoms with van der Waals surface area (Å²) in [6, 6.07) is 7.91.